The number of nitrogens with one attached hydrogen (secondary N) is 1. The molecule has 0 spiro atoms. The van der Waals surface area contributed by atoms with Gasteiger partial charge in [-0.25, -0.2) is 0 Å². The summed E-state index contributed by atoms with van der Waals surface area (Å²) in [7, 11) is 0. The van der Waals surface area contributed by atoms with E-state index < -0.39 is 12.1 Å². The maximum atomic E-state index is 12.4. The average Bonchev–Trinajstić information content (AvgIpc) is 3.30. The van der Waals surface area contributed by atoms with Crippen LogP contribution in [-0.2, 0) is 4.79 Å². The van der Waals surface area contributed by atoms with Gasteiger partial charge in [0.05, 0.1) is 18.8 Å². The van der Waals surface area contributed by atoms with Crippen LogP contribution in [0.2, 0.25) is 0 Å². The Labute approximate surface area is 399 Å². The SMILES string of the molecule is CC/C=C\C/C=C\C/C=C\C/C=C\C/C=C\CCCCCCCCCCCCCCCCCCCCCCCC(=O)NC(CO)C(O)/C=C/CC/C=C/CCCCCCCCCCC. The summed E-state index contributed by atoms with van der Waals surface area (Å²) in [6, 6.07) is -0.640. The zero-order valence-electron chi connectivity index (χ0n) is 42.5. The molecule has 0 rings (SSSR count). The number of unbranched alkanes of at least 4 members (excludes halogenated alkanes) is 31. The Bertz CT molecular complexity index is 1150. The second-order valence-corrected chi connectivity index (χ2v) is 18.6. The van der Waals surface area contributed by atoms with Crippen LogP contribution in [0.1, 0.15) is 271 Å². The van der Waals surface area contributed by atoms with Crippen molar-refractivity contribution in [3.05, 3.63) is 85.1 Å². The van der Waals surface area contributed by atoms with E-state index >= 15 is 0 Å². The van der Waals surface area contributed by atoms with E-state index in [1.54, 1.807) is 6.08 Å². The Morgan fingerprint density at radius 3 is 1.09 bits per heavy atom. The topological polar surface area (TPSA) is 69.6 Å². The number of carbonyl (C=O) groups excluding carboxylic acids is 1. The lowest BCUT2D eigenvalue weighted by atomic mass is 10.0. The maximum Gasteiger partial charge on any atom is 0.220 e. The number of hydrogen-bond acceptors (Lipinski definition) is 3. The molecule has 3 N–H and O–H groups in total. The molecule has 0 radical (unpaired) electrons. The lowest BCUT2D eigenvalue weighted by molar-refractivity contribution is -0.123. The van der Waals surface area contributed by atoms with Crippen molar-refractivity contribution < 1.29 is 15.0 Å². The van der Waals surface area contributed by atoms with Crippen molar-refractivity contribution >= 4 is 5.91 Å². The number of aliphatic hydroxyl groups is 2. The van der Waals surface area contributed by atoms with E-state index in [2.05, 4.69) is 92.1 Å². The standard InChI is InChI=1S/C60H107NO3/c1-3-5-7-9-11-13-15-17-19-20-21-22-23-24-25-26-27-28-29-30-31-32-33-34-35-36-37-38-39-40-42-44-46-48-50-52-54-56-60(64)61-58(57-62)59(63)55-53-51-49-47-45-43-41-18-16-14-12-10-8-6-4-2/h5,7,11,13,17,19,21-22,24-25,45,47,53,55,58-59,62-63H,3-4,6,8-10,12,14-16,18,20,23,26-44,46,48-52,54,56-57H2,1-2H3,(H,61,64)/b7-5-,13-11-,19-17-,22-21-,25-24-,47-45+,55-53+. The molecule has 0 fully saturated rings. The van der Waals surface area contributed by atoms with E-state index in [1.807, 2.05) is 6.08 Å². The third-order valence-corrected chi connectivity index (χ3v) is 12.4. The highest BCUT2D eigenvalue weighted by Crippen LogP contribution is 2.16. The Kier molecular flexibility index (Phi) is 52.8. The van der Waals surface area contributed by atoms with Gasteiger partial charge in [-0.1, -0.05) is 272 Å². The highest BCUT2D eigenvalue weighted by Gasteiger charge is 2.18. The van der Waals surface area contributed by atoms with Crippen molar-refractivity contribution in [2.45, 2.75) is 283 Å². The molecule has 370 valence electrons. The number of allylic oxidation sites excluding steroid dienone is 13. The number of amides is 1. The second-order valence-electron chi connectivity index (χ2n) is 18.6. The van der Waals surface area contributed by atoms with Gasteiger partial charge < -0.3 is 15.5 Å². The molecule has 1 amide bonds. The van der Waals surface area contributed by atoms with Gasteiger partial charge in [0.2, 0.25) is 5.91 Å². The van der Waals surface area contributed by atoms with Crippen LogP contribution in [0.25, 0.3) is 0 Å². The van der Waals surface area contributed by atoms with E-state index in [1.165, 1.54) is 186 Å². The molecule has 0 aliphatic carbocycles. The third kappa shape index (κ3) is 50.6. The van der Waals surface area contributed by atoms with E-state index in [4.69, 9.17) is 0 Å². The van der Waals surface area contributed by atoms with Gasteiger partial charge in [0.1, 0.15) is 0 Å². The normalized spacial score (nSPS) is 13.5. The molecule has 0 aromatic rings. The first-order chi connectivity index (χ1) is 31.7. The van der Waals surface area contributed by atoms with Gasteiger partial charge in [-0.05, 0) is 77.0 Å². The first kappa shape index (κ1) is 61.6. The van der Waals surface area contributed by atoms with E-state index in [-0.39, 0.29) is 12.5 Å². The molecule has 2 atom stereocenters. The van der Waals surface area contributed by atoms with Crippen LogP contribution in [0.15, 0.2) is 85.1 Å². The summed E-state index contributed by atoms with van der Waals surface area (Å²) in [5, 5.41) is 23.1. The lowest BCUT2D eigenvalue weighted by Crippen LogP contribution is -2.45. The minimum absolute atomic E-state index is 0.0727. The molecular weight excluding hydrogens is 783 g/mol. The van der Waals surface area contributed by atoms with Crippen LogP contribution >= 0.6 is 0 Å². The summed E-state index contributed by atoms with van der Waals surface area (Å²) < 4.78 is 0. The van der Waals surface area contributed by atoms with Crippen molar-refractivity contribution in [2.75, 3.05) is 6.61 Å². The molecule has 0 aromatic heterocycles. The van der Waals surface area contributed by atoms with Gasteiger partial charge in [-0.15, -0.1) is 0 Å². The molecule has 2 unspecified atom stereocenters. The molecule has 0 saturated carbocycles. The molecule has 0 aromatic carbocycles. The summed E-state index contributed by atoms with van der Waals surface area (Å²) in [6.45, 7) is 4.19. The van der Waals surface area contributed by atoms with E-state index in [9.17, 15) is 15.0 Å². The van der Waals surface area contributed by atoms with Crippen molar-refractivity contribution in [2.24, 2.45) is 0 Å². The Morgan fingerprint density at radius 1 is 0.391 bits per heavy atom. The molecule has 4 heteroatoms. The molecule has 0 bridgehead atoms. The molecule has 0 aliphatic heterocycles. The first-order valence-electron chi connectivity index (χ1n) is 27.8. The lowest BCUT2D eigenvalue weighted by Gasteiger charge is -2.19. The summed E-state index contributed by atoms with van der Waals surface area (Å²) in [5.41, 5.74) is 0. The quantitative estimate of drug-likeness (QED) is 0.0421. The van der Waals surface area contributed by atoms with Crippen molar-refractivity contribution in [1.29, 1.82) is 0 Å². The van der Waals surface area contributed by atoms with Crippen molar-refractivity contribution in [3.63, 3.8) is 0 Å². The van der Waals surface area contributed by atoms with E-state index in [0.29, 0.717) is 6.42 Å². The second kappa shape index (κ2) is 54.9. The average molecular weight is 891 g/mol. The molecule has 0 saturated heterocycles. The number of carbonyl (C=O) groups is 1. The largest absolute Gasteiger partial charge is 0.394 e. The minimum Gasteiger partial charge on any atom is -0.394 e. The third-order valence-electron chi connectivity index (χ3n) is 12.4. The summed E-state index contributed by atoms with van der Waals surface area (Å²) >= 11 is 0. The van der Waals surface area contributed by atoms with E-state index in [0.717, 1.165) is 64.2 Å². The highest BCUT2D eigenvalue weighted by molar-refractivity contribution is 5.76. The Morgan fingerprint density at radius 2 is 0.703 bits per heavy atom. The molecule has 0 aliphatic rings. The zero-order chi connectivity index (χ0) is 46.3. The Hall–Kier alpha value is -2.43. The maximum absolute atomic E-state index is 12.4. The van der Waals surface area contributed by atoms with Crippen LogP contribution in [0.4, 0.5) is 0 Å². The van der Waals surface area contributed by atoms with Gasteiger partial charge in [-0.2, -0.15) is 0 Å². The van der Waals surface area contributed by atoms with Crippen molar-refractivity contribution in [1.82, 2.24) is 5.32 Å². The predicted octanol–water partition coefficient (Wildman–Crippen LogP) is 18.4. The number of hydrogen-bond donors (Lipinski definition) is 3. The number of rotatable bonds is 50. The monoisotopic (exact) mass is 890 g/mol. The summed E-state index contributed by atoms with van der Waals surface area (Å²) in [6.07, 6.45) is 80.3. The highest BCUT2D eigenvalue weighted by atomic mass is 16.3. The minimum atomic E-state index is -0.863. The summed E-state index contributed by atoms with van der Waals surface area (Å²) in [4.78, 5) is 12.4. The van der Waals surface area contributed by atoms with Crippen LogP contribution in [-0.4, -0.2) is 34.9 Å². The van der Waals surface area contributed by atoms with Gasteiger partial charge in [-0.3, -0.25) is 4.79 Å². The van der Waals surface area contributed by atoms with Crippen molar-refractivity contribution in [3.8, 4) is 0 Å². The molecule has 0 heterocycles. The fourth-order valence-corrected chi connectivity index (χ4v) is 8.16. The smallest absolute Gasteiger partial charge is 0.220 e. The number of aliphatic hydroxyl groups excluding tert-OH is 2. The summed E-state index contributed by atoms with van der Waals surface area (Å²) in [5.74, 6) is -0.0727. The van der Waals surface area contributed by atoms with Gasteiger partial charge in [0.25, 0.3) is 0 Å². The van der Waals surface area contributed by atoms with Crippen LogP contribution in [0.5, 0.6) is 0 Å². The van der Waals surface area contributed by atoms with Crippen LogP contribution in [0, 0.1) is 0 Å². The van der Waals surface area contributed by atoms with Gasteiger partial charge in [0, 0.05) is 6.42 Å². The zero-order valence-corrected chi connectivity index (χ0v) is 42.5. The van der Waals surface area contributed by atoms with Crippen LogP contribution in [0.3, 0.4) is 0 Å². The molecular formula is C60H107NO3. The van der Waals surface area contributed by atoms with Crippen LogP contribution < -0.4 is 5.32 Å². The predicted molar refractivity (Wildman–Crippen MR) is 285 cm³/mol. The first-order valence-corrected chi connectivity index (χ1v) is 27.8. The Balaban J connectivity index is 3.47. The van der Waals surface area contributed by atoms with Gasteiger partial charge >= 0.3 is 0 Å². The fourth-order valence-electron chi connectivity index (χ4n) is 8.16. The fraction of sp³-hybridized carbons (Fsp3) is 0.750. The molecule has 64 heavy (non-hydrogen) atoms. The van der Waals surface area contributed by atoms with Gasteiger partial charge in [0.15, 0.2) is 0 Å². The molecule has 4 nitrogen and oxygen atoms in total.